The highest BCUT2D eigenvalue weighted by Crippen LogP contribution is 2.55. The zero-order chi connectivity index (χ0) is 18.6. The second kappa shape index (κ2) is 6.16. The van der Waals surface area contributed by atoms with Gasteiger partial charge in [-0.2, -0.15) is 0 Å². The molecule has 1 N–H and O–H groups in total. The van der Waals surface area contributed by atoms with Crippen molar-refractivity contribution in [1.29, 1.82) is 0 Å². The van der Waals surface area contributed by atoms with E-state index in [1.54, 1.807) is 11.3 Å². The maximum atomic E-state index is 9.61. The van der Waals surface area contributed by atoms with E-state index in [9.17, 15) is 5.11 Å². The van der Waals surface area contributed by atoms with Gasteiger partial charge in [0.05, 0.1) is 29.3 Å². The van der Waals surface area contributed by atoms with Crippen LogP contribution < -0.4 is 0 Å². The molecule has 1 fully saturated rings. The van der Waals surface area contributed by atoms with Crippen LogP contribution in [0, 0.1) is 5.92 Å². The van der Waals surface area contributed by atoms with Crippen molar-refractivity contribution in [3.63, 3.8) is 0 Å². The van der Waals surface area contributed by atoms with Gasteiger partial charge >= 0.3 is 0 Å². The standard InChI is InChI=1S/C23H31N3O/c1-22(2,15-27)24-18-10-11-19-21(14-18)26-20-9-4-3-7-16(20)13-17-8-5-6-12-23(17,26)25-19/h10-11,14,17,27H,3-9,12-13,15H2,1-2H3/t17?,23-/m0/s1. The van der Waals surface area contributed by atoms with Crippen LogP contribution in [0.25, 0.3) is 0 Å². The molecular weight excluding hydrogens is 334 g/mol. The first kappa shape index (κ1) is 17.4. The average molecular weight is 366 g/mol. The lowest BCUT2D eigenvalue weighted by molar-refractivity contribution is 0.0498. The summed E-state index contributed by atoms with van der Waals surface area (Å²) in [5.41, 5.74) is 6.13. The smallest absolute Gasteiger partial charge is 0.139 e. The summed E-state index contributed by atoms with van der Waals surface area (Å²) in [4.78, 5) is 12.8. The minimum atomic E-state index is -0.452. The zero-order valence-corrected chi connectivity index (χ0v) is 16.7. The predicted octanol–water partition coefficient (Wildman–Crippen LogP) is 4.53. The fraction of sp³-hybridized carbons (Fsp3) is 0.652. The number of aliphatic imine (C=N–C) groups is 2. The third-order valence-electron chi connectivity index (χ3n) is 7.03. The number of aliphatic hydroxyl groups excluding tert-OH is 1. The third-order valence-corrected chi connectivity index (χ3v) is 7.03. The molecule has 2 atom stereocenters. The van der Waals surface area contributed by atoms with Crippen LogP contribution in [0.4, 0.5) is 0 Å². The molecule has 3 aliphatic carbocycles. The van der Waals surface area contributed by atoms with Crippen molar-refractivity contribution >= 4 is 11.4 Å². The van der Waals surface area contributed by atoms with E-state index in [2.05, 4.69) is 23.1 Å². The Morgan fingerprint density at radius 2 is 2.07 bits per heavy atom. The van der Waals surface area contributed by atoms with Gasteiger partial charge in [0.25, 0.3) is 0 Å². The molecule has 27 heavy (non-hydrogen) atoms. The molecular formula is C23H31N3O. The van der Waals surface area contributed by atoms with Gasteiger partial charge in [-0.05, 0) is 83.4 Å². The molecule has 0 aromatic carbocycles. The Hall–Kier alpha value is -1.68. The second-order valence-corrected chi connectivity index (χ2v) is 9.49. The van der Waals surface area contributed by atoms with Gasteiger partial charge in [-0.15, -0.1) is 0 Å². The van der Waals surface area contributed by atoms with Gasteiger partial charge in [0.2, 0.25) is 0 Å². The van der Waals surface area contributed by atoms with Crippen LogP contribution >= 0.6 is 0 Å². The monoisotopic (exact) mass is 365 g/mol. The summed E-state index contributed by atoms with van der Waals surface area (Å²) in [5, 5.41) is 9.61. The highest BCUT2D eigenvalue weighted by molar-refractivity contribution is 6.22. The van der Waals surface area contributed by atoms with E-state index in [0.29, 0.717) is 5.92 Å². The first-order chi connectivity index (χ1) is 13.0. The van der Waals surface area contributed by atoms with Crippen molar-refractivity contribution in [2.24, 2.45) is 15.9 Å². The maximum Gasteiger partial charge on any atom is 0.139 e. The Balaban J connectivity index is 1.63. The number of rotatable bonds is 2. The molecule has 1 spiro atoms. The molecule has 144 valence electrons. The van der Waals surface area contributed by atoms with E-state index < -0.39 is 5.54 Å². The van der Waals surface area contributed by atoms with Gasteiger partial charge in [0.15, 0.2) is 0 Å². The molecule has 1 saturated carbocycles. The molecule has 0 bridgehead atoms. The molecule has 5 aliphatic rings. The fourth-order valence-electron chi connectivity index (χ4n) is 5.74. The van der Waals surface area contributed by atoms with Crippen LogP contribution in [-0.4, -0.2) is 39.2 Å². The summed E-state index contributed by atoms with van der Waals surface area (Å²) in [6.45, 7) is 4.01. The lowest BCUT2D eigenvalue weighted by atomic mass is 9.70. The van der Waals surface area contributed by atoms with Gasteiger partial charge in [0, 0.05) is 11.6 Å². The summed E-state index contributed by atoms with van der Waals surface area (Å²) in [7, 11) is 0. The van der Waals surface area contributed by atoms with Crippen molar-refractivity contribution in [3.8, 4) is 0 Å². The minimum absolute atomic E-state index is 0.0398. The lowest BCUT2D eigenvalue weighted by Gasteiger charge is -2.52. The molecule has 1 unspecified atom stereocenters. The molecule has 0 amide bonds. The van der Waals surface area contributed by atoms with Gasteiger partial charge in [-0.3, -0.25) is 9.98 Å². The van der Waals surface area contributed by atoms with Crippen molar-refractivity contribution in [2.45, 2.75) is 82.8 Å². The molecule has 4 heteroatoms. The normalized spacial score (nSPS) is 34.0. The Kier molecular flexibility index (Phi) is 3.98. The fourth-order valence-corrected chi connectivity index (χ4v) is 5.74. The van der Waals surface area contributed by atoms with Crippen molar-refractivity contribution in [3.05, 3.63) is 35.2 Å². The van der Waals surface area contributed by atoms with Crippen molar-refractivity contribution in [2.75, 3.05) is 6.61 Å². The SMILES string of the molecule is CC(C)(CO)N=C1C=CC2=N[C@]34CCCCC3CC3=C(CCCC3)N4C2=C1. The Labute approximate surface area is 162 Å². The van der Waals surface area contributed by atoms with E-state index >= 15 is 0 Å². The summed E-state index contributed by atoms with van der Waals surface area (Å²) in [5.74, 6) is 0.657. The minimum Gasteiger partial charge on any atom is -0.394 e. The van der Waals surface area contributed by atoms with E-state index in [1.807, 2.05) is 13.8 Å². The van der Waals surface area contributed by atoms with Crippen molar-refractivity contribution < 1.29 is 5.11 Å². The average Bonchev–Trinajstić information content (AvgIpc) is 2.99. The molecule has 0 aromatic heterocycles. The number of nitrogens with zero attached hydrogens (tertiary/aromatic N) is 3. The molecule has 2 aliphatic heterocycles. The van der Waals surface area contributed by atoms with Crippen LogP contribution in [0.1, 0.15) is 71.6 Å². The summed E-state index contributed by atoms with van der Waals surface area (Å²) >= 11 is 0. The lowest BCUT2D eigenvalue weighted by Crippen LogP contribution is -2.53. The van der Waals surface area contributed by atoms with Gasteiger partial charge in [-0.1, -0.05) is 12.0 Å². The molecule has 4 nitrogen and oxygen atoms in total. The molecule has 2 heterocycles. The maximum absolute atomic E-state index is 9.61. The third kappa shape index (κ3) is 2.67. The highest BCUT2D eigenvalue weighted by atomic mass is 16.3. The van der Waals surface area contributed by atoms with Crippen LogP contribution in [0.2, 0.25) is 0 Å². The first-order valence-electron chi connectivity index (χ1n) is 10.7. The number of hydrogen-bond acceptors (Lipinski definition) is 4. The van der Waals surface area contributed by atoms with E-state index in [0.717, 1.165) is 11.4 Å². The summed E-state index contributed by atoms with van der Waals surface area (Å²) in [6, 6.07) is 0. The van der Waals surface area contributed by atoms with Crippen LogP contribution in [-0.2, 0) is 0 Å². The molecule has 5 rings (SSSR count). The largest absolute Gasteiger partial charge is 0.394 e. The number of allylic oxidation sites excluding steroid dienone is 5. The first-order valence-corrected chi connectivity index (χ1v) is 10.7. The van der Waals surface area contributed by atoms with Crippen molar-refractivity contribution in [1.82, 2.24) is 4.90 Å². The number of aliphatic hydroxyl groups is 1. The molecule has 0 aromatic rings. The molecule has 0 radical (unpaired) electrons. The van der Waals surface area contributed by atoms with E-state index in [-0.39, 0.29) is 12.3 Å². The van der Waals surface area contributed by atoms with Gasteiger partial charge in [0.1, 0.15) is 5.66 Å². The number of fused-ring (bicyclic) bond motifs is 3. The Bertz CT molecular complexity index is 813. The summed E-state index contributed by atoms with van der Waals surface area (Å²) in [6.07, 6.45) is 17.9. The Morgan fingerprint density at radius 1 is 1.22 bits per heavy atom. The summed E-state index contributed by atoms with van der Waals surface area (Å²) < 4.78 is 0. The molecule has 0 saturated heterocycles. The van der Waals surface area contributed by atoms with Crippen LogP contribution in [0.15, 0.2) is 45.2 Å². The van der Waals surface area contributed by atoms with E-state index in [1.165, 1.54) is 63.5 Å². The van der Waals surface area contributed by atoms with Gasteiger partial charge in [-0.25, -0.2) is 0 Å². The Morgan fingerprint density at radius 3 is 2.93 bits per heavy atom. The second-order valence-electron chi connectivity index (χ2n) is 9.49. The topological polar surface area (TPSA) is 48.2 Å². The van der Waals surface area contributed by atoms with Gasteiger partial charge < -0.3 is 10.0 Å². The van der Waals surface area contributed by atoms with Crippen LogP contribution in [0.3, 0.4) is 0 Å². The predicted molar refractivity (Wildman–Crippen MR) is 110 cm³/mol. The highest BCUT2D eigenvalue weighted by Gasteiger charge is 2.55. The van der Waals surface area contributed by atoms with E-state index in [4.69, 9.17) is 9.98 Å². The quantitative estimate of drug-likeness (QED) is 0.731. The number of hydrogen-bond donors (Lipinski definition) is 1. The zero-order valence-electron chi connectivity index (χ0n) is 16.7. The van der Waals surface area contributed by atoms with Crippen LogP contribution in [0.5, 0.6) is 0 Å².